The second-order valence-electron chi connectivity index (χ2n) is 8.49. The van der Waals surface area contributed by atoms with Gasteiger partial charge >= 0.3 is 0 Å². The van der Waals surface area contributed by atoms with Gasteiger partial charge in [0.05, 0.1) is 23.1 Å². The van der Waals surface area contributed by atoms with E-state index in [2.05, 4.69) is 31.7 Å². The number of nitrogens with zero attached hydrogens (tertiary/aromatic N) is 1. The van der Waals surface area contributed by atoms with E-state index in [0.717, 1.165) is 43.2 Å². The Morgan fingerprint density at radius 3 is 2.67 bits per heavy atom. The molecule has 1 aliphatic carbocycles. The minimum Gasteiger partial charge on any atom is -0.508 e. The van der Waals surface area contributed by atoms with Gasteiger partial charge in [-0.2, -0.15) is 0 Å². The van der Waals surface area contributed by atoms with Crippen molar-refractivity contribution in [3.8, 4) is 5.75 Å². The Hall–Kier alpha value is -1.85. The molecule has 0 saturated carbocycles. The fraction of sp³-hybridized carbons (Fsp3) is 0.500. The van der Waals surface area contributed by atoms with Crippen molar-refractivity contribution in [1.82, 2.24) is 0 Å². The number of hydrogen-bond donors (Lipinski definition) is 1. The zero-order valence-electron chi connectivity index (χ0n) is 16.2. The SMILES string of the molecule is CC(c1cccc(O)c1)c1c(N2CCOCC2)sc2c1CC(C)(C)CC2=O. The first-order valence-corrected chi connectivity index (χ1v) is 10.5. The van der Waals surface area contributed by atoms with Crippen molar-refractivity contribution in [2.24, 2.45) is 5.41 Å². The number of Topliss-reactive ketones (excluding diaryl/α,β-unsaturated/α-hetero) is 1. The molecule has 4 nitrogen and oxygen atoms in total. The average molecular weight is 386 g/mol. The fourth-order valence-electron chi connectivity index (χ4n) is 4.33. The number of carbonyl (C=O) groups is 1. The maximum absolute atomic E-state index is 12.9. The van der Waals surface area contributed by atoms with Gasteiger partial charge in [0, 0.05) is 25.4 Å². The summed E-state index contributed by atoms with van der Waals surface area (Å²) in [6, 6.07) is 7.50. The molecule has 1 atom stereocenters. The Kier molecular flexibility index (Phi) is 4.77. The summed E-state index contributed by atoms with van der Waals surface area (Å²) < 4.78 is 5.54. The lowest BCUT2D eigenvalue weighted by molar-refractivity contribution is 0.0917. The molecule has 144 valence electrons. The van der Waals surface area contributed by atoms with E-state index in [4.69, 9.17) is 4.74 Å². The van der Waals surface area contributed by atoms with Gasteiger partial charge in [-0.15, -0.1) is 11.3 Å². The number of fused-ring (bicyclic) bond motifs is 1. The minimum absolute atomic E-state index is 0.0132. The van der Waals surface area contributed by atoms with Gasteiger partial charge in [0.2, 0.25) is 0 Å². The summed E-state index contributed by atoms with van der Waals surface area (Å²) in [6.07, 6.45) is 1.54. The molecule has 1 aromatic heterocycles. The first kappa shape index (κ1) is 18.5. The van der Waals surface area contributed by atoms with Gasteiger partial charge in [0.15, 0.2) is 5.78 Å². The molecular formula is C22H27NO3S. The van der Waals surface area contributed by atoms with Crippen molar-refractivity contribution < 1.29 is 14.6 Å². The third-order valence-electron chi connectivity index (χ3n) is 5.68. The monoisotopic (exact) mass is 385 g/mol. The third-order valence-corrected chi connectivity index (χ3v) is 7.03. The van der Waals surface area contributed by atoms with Crippen LogP contribution in [0.15, 0.2) is 24.3 Å². The molecule has 1 saturated heterocycles. The number of rotatable bonds is 3. The van der Waals surface area contributed by atoms with Crippen LogP contribution in [-0.4, -0.2) is 37.2 Å². The number of phenolic OH excluding ortho intramolecular Hbond substituents is 1. The largest absolute Gasteiger partial charge is 0.508 e. The summed E-state index contributed by atoms with van der Waals surface area (Å²) >= 11 is 1.66. The Morgan fingerprint density at radius 1 is 1.22 bits per heavy atom. The zero-order chi connectivity index (χ0) is 19.2. The van der Waals surface area contributed by atoms with Gasteiger partial charge in [0.25, 0.3) is 0 Å². The smallest absolute Gasteiger partial charge is 0.173 e. The normalized spacial score (nSPS) is 20.4. The van der Waals surface area contributed by atoms with E-state index in [1.807, 2.05) is 12.1 Å². The Balaban J connectivity index is 1.85. The van der Waals surface area contributed by atoms with E-state index < -0.39 is 0 Å². The lowest BCUT2D eigenvalue weighted by Crippen LogP contribution is -2.36. The van der Waals surface area contributed by atoms with Crippen LogP contribution < -0.4 is 4.90 Å². The van der Waals surface area contributed by atoms with Crippen molar-refractivity contribution >= 4 is 22.1 Å². The summed E-state index contributed by atoms with van der Waals surface area (Å²) in [5.74, 6) is 0.680. The molecule has 1 N–H and O–H groups in total. The van der Waals surface area contributed by atoms with E-state index in [-0.39, 0.29) is 22.9 Å². The predicted molar refractivity (Wildman–Crippen MR) is 109 cm³/mol. The lowest BCUT2D eigenvalue weighted by Gasteiger charge is -2.32. The van der Waals surface area contributed by atoms with Gasteiger partial charge in [0.1, 0.15) is 5.75 Å². The number of benzene rings is 1. The van der Waals surface area contributed by atoms with Gasteiger partial charge in [-0.05, 0) is 40.7 Å². The summed E-state index contributed by atoms with van der Waals surface area (Å²) in [6.45, 7) is 9.72. The maximum Gasteiger partial charge on any atom is 0.173 e. The van der Waals surface area contributed by atoms with E-state index in [1.165, 1.54) is 16.1 Å². The van der Waals surface area contributed by atoms with Gasteiger partial charge in [-0.25, -0.2) is 0 Å². The number of ether oxygens (including phenoxy) is 1. The highest BCUT2D eigenvalue weighted by Crippen LogP contribution is 2.49. The second-order valence-corrected chi connectivity index (χ2v) is 9.48. The van der Waals surface area contributed by atoms with E-state index in [9.17, 15) is 9.90 Å². The van der Waals surface area contributed by atoms with Crippen LogP contribution >= 0.6 is 11.3 Å². The summed E-state index contributed by atoms with van der Waals surface area (Å²) in [5.41, 5.74) is 3.56. The molecule has 5 heteroatoms. The lowest BCUT2D eigenvalue weighted by atomic mass is 9.74. The Labute approximate surface area is 164 Å². The summed E-state index contributed by atoms with van der Waals surface area (Å²) in [5, 5.41) is 11.2. The standard InChI is InChI=1S/C22H27NO3S/c1-14(15-5-4-6-16(24)11-15)19-17-12-22(2,3)13-18(25)20(17)27-21(19)23-7-9-26-10-8-23/h4-6,11,14,24H,7-10,12-13H2,1-3H3. The van der Waals surface area contributed by atoms with Crippen molar-refractivity contribution in [1.29, 1.82) is 0 Å². The Bertz CT molecular complexity index is 864. The van der Waals surface area contributed by atoms with Gasteiger partial charge in [-0.3, -0.25) is 4.79 Å². The molecular weight excluding hydrogens is 358 g/mol. The number of morpholine rings is 1. The predicted octanol–water partition coefficient (Wildman–Crippen LogP) is 4.60. The van der Waals surface area contributed by atoms with Crippen molar-refractivity contribution in [2.75, 3.05) is 31.2 Å². The first-order chi connectivity index (χ1) is 12.9. The van der Waals surface area contributed by atoms with Gasteiger partial charge in [-0.1, -0.05) is 32.9 Å². The highest BCUT2D eigenvalue weighted by Gasteiger charge is 2.38. The molecule has 4 rings (SSSR count). The molecule has 0 amide bonds. The zero-order valence-corrected chi connectivity index (χ0v) is 17.1. The molecule has 0 bridgehead atoms. The van der Waals surface area contributed by atoms with Crippen molar-refractivity contribution in [3.63, 3.8) is 0 Å². The van der Waals surface area contributed by atoms with E-state index in [1.54, 1.807) is 17.4 Å². The van der Waals surface area contributed by atoms with Crippen LogP contribution in [0.1, 0.15) is 59.5 Å². The molecule has 0 spiro atoms. The second kappa shape index (κ2) is 6.95. The van der Waals surface area contributed by atoms with Crippen LogP contribution in [0.4, 0.5) is 5.00 Å². The quantitative estimate of drug-likeness (QED) is 0.839. The highest BCUT2D eigenvalue weighted by atomic mass is 32.1. The number of ketones is 1. The first-order valence-electron chi connectivity index (χ1n) is 9.66. The van der Waals surface area contributed by atoms with E-state index in [0.29, 0.717) is 6.42 Å². The van der Waals surface area contributed by atoms with Crippen LogP contribution in [0.5, 0.6) is 5.75 Å². The third kappa shape index (κ3) is 3.50. The summed E-state index contributed by atoms with van der Waals surface area (Å²) in [7, 11) is 0. The highest BCUT2D eigenvalue weighted by molar-refractivity contribution is 7.18. The average Bonchev–Trinajstić information content (AvgIpc) is 3.00. The number of phenols is 1. The van der Waals surface area contributed by atoms with Crippen LogP contribution in [-0.2, 0) is 11.2 Å². The molecule has 2 aliphatic rings. The molecule has 1 aliphatic heterocycles. The van der Waals surface area contributed by atoms with Crippen molar-refractivity contribution in [2.45, 2.75) is 39.5 Å². The molecule has 1 aromatic carbocycles. The number of anilines is 1. The number of hydrogen-bond acceptors (Lipinski definition) is 5. The fourth-order valence-corrected chi connectivity index (χ4v) is 5.74. The molecule has 1 unspecified atom stereocenters. The molecule has 27 heavy (non-hydrogen) atoms. The topological polar surface area (TPSA) is 49.8 Å². The summed E-state index contributed by atoms with van der Waals surface area (Å²) in [4.78, 5) is 16.2. The number of aromatic hydroxyl groups is 1. The van der Waals surface area contributed by atoms with Crippen molar-refractivity contribution in [3.05, 3.63) is 45.8 Å². The number of carbonyl (C=O) groups excluding carboxylic acids is 1. The van der Waals surface area contributed by atoms with Crippen LogP contribution in [0, 0.1) is 5.41 Å². The maximum atomic E-state index is 12.9. The Morgan fingerprint density at radius 2 is 1.96 bits per heavy atom. The molecule has 0 radical (unpaired) electrons. The van der Waals surface area contributed by atoms with Gasteiger partial charge < -0.3 is 14.7 Å². The molecule has 2 heterocycles. The number of thiophene rings is 1. The minimum atomic E-state index is -0.0132. The van der Waals surface area contributed by atoms with Crippen LogP contribution in [0.3, 0.4) is 0 Å². The van der Waals surface area contributed by atoms with Crippen LogP contribution in [0.25, 0.3) is 0 Å². The van der Waals surface area contributed by atoms with E-state index >= 15 is 0 Å². The van der Waals surface area contributed by atoms with Crippen LogP contribution in [0.2, 0.25) is 0 Å². The molecule has 2 aromatic rings. The molecule has 1 fully saturated rings.